The summed E-state index contributed by atoms with van der Waals surface area (Å²) in [5, 5.41) is 14.0. The molecule has 0 aromatic heterocycles. The van der Waals surface area contributed by atoms with Crippen molar-refractivity contribution < 1.29 is 9.84 Å². The predicted molar refractivity (Wildman–Crippen MR) is 89.1 cm³/mol. The molecule has 3 nitrogen and oxygen atoms in total. The lowest BCUT2D eigenvalue weighted by Crippen LogP contribution is -2.37. The predicted octanol–water partition coefficient (Wildman–Crippen LogP) is 4.74. The van der Waals surface area contributed by atoms with Crippen molar-refractivity contribution in [3.8, 4) is 16.9 Å². The molecule has 2 aromatic carbocycles. The van der Waals surface area contributed by atoms with Crippen LogP contribution < -0.4 is 10.1 Å². The number of aliphatic hydroxyl groups is 1. The third-order valence-corrected chi connectivity index (χ3v) is 4.63. The number of benzene rings is 2. The molecule has 2 aromatic rings. The van der Waals surface area contributed by atoms with Crippen LogP contribution in [-0.2, 0) is 6.61 Å². The monoisotopic (exact) mass is 293 g/mol. The molecule has 3 heteroatoms. The fourth-order valence-electron chi connectivity index (χ4n) is 3.53. The summed E-state index contributed by atoms with van der Waals surface area (Å²) in [6.45, 7) is 6.49. The molecule has 2 heterocycles. The summed E-state index contributed by atoms with van der Waals surface area (Å²) in [7, 11) is 0. The van der Waals surface area contributed by atoms with Crippen LogP contribution >= 0.6 is 0 Å². The lowest BCUT2D eigenvalue weighted by atomic mass is 9.83. The molecule has 0 fully saturated rings. The molecule has 0 aliphatic carbocycles. The number of ether oxygens (including phenoxy) is 1. The minimum Gasteiger partial charge on any atom is -0.510 e. The van der Waals surface area contributed by atoms with E-state index in [4.69, 9.17) is 4.74 Å². The van der Waals surface area contributed by atoms with Crippen LogP contribution in [0.15, 0.2) is 42.2 Å². The van der Waals surface area contributed by atoms with Crippen molar-refractivity contribution in [3.63, 3.8) is 0 Å². The number of aliphatic hydroxyl groups excluding tert-OH is 1. The first-order valence-corrected chi connectivity index (χ1v) is 7.56. The maximum Gasteiger partial charge on any atom is 0.127 e. The highest BCUT2D eigenvalue weighted by atomic mass is 16.5. The van der Waals surface area contributed by atoms with Crippen molar-refractivity contribution in [2.24, 2.45) is 0 Å². The van der Waals surface area contributed by atoms with E-state index in [1.54, 1.807) is 0 Å². The van der Waals surface area contributed by atoms with Gasteiger partial charge in [0.25, 0.3) is 0 Å². The van der Waals surface area contributed by atoms with Crippen molar-refractivity contribution in [1.29, 1.82) is 0 Å². The first-order chi connectivity index (χ1) is 10.5. The van der Waals surface area contributed by atoms with E-state index in [0.29, 0.717) is 12.4 Å². The summed E-state index contributed by atoms with van der Waals surface area (Å²) in [5.74, 6) is 1.32. The molecule has 2 aliphatic rings. The first kappa shape index (κ1) is 13.3. The van der Waals surface area contributed by atoms with Gasteiger partial charge in [0, 0.05) is 22.4 Å². The number of allylic oxidation sites excluding steroid dienone is 1. The second-order valence-electron chi connectivity index (χ2n) is 6.52. The van der Waals surface area contributed by atoms with Crippen LogP contribution in [0, 0.1) is 0 Å². The van der Waals surface area contributed by atoms with Gasteiger partial charge in [0.05, 0.1) is 5.54 Å². The summed E-state index contributed by atoms with van der Waals surface area (Å²) in [5.41, 5.74) is 6.06. The average Bonchev–Trinajstić information content (AvgIpc) is 2.51. The van der Waals surface area contributed by atoms with E-state index in [-0.39, 0.29) is 0 Å². The highest BCUT2D eigenvalue weighted by Crippen LogP contribution is 2.46. The number of hydrogen-bond acceptors (Lipinski definition) is 3. The molecule has 112 valence electrons. The zero-order valence-corrected chi connectivity index (χ0v) is 13.0. The molecule has 0 radical (unpaired) electrons. The van der Waals surface area contributed by atoms with Crippen molar-refractivity contribution in [1.82, 2.24) is 0 Å². The Hall–Kier alpha value is -2.42. The number of anilines is 1. The molecule has 0 saturated heterocycles. The maximum absolute atomic E-state index is 10.5. The summed E-state index contributed by atoms with van der Waals surface area (Å²) in [6, 6.07) is 12.3. The van der Waals surface area contributed by atoms with E-state index in [1.165, 1.54) is 5.56 Å². The van der Waals surface area contributed by atoms with Gasteiger partial charge in [-0.15, -0.1) is 0 Å². The molecule has 4 rings (SSSR count). The highest BCUT2D eigenvalue weighted by molar-refractivity contribution is 5.89. The number of hydrogen-bond donors (Lipinski definition) is 2. The normalized spacial score (nSPS) is 17.8. The van der Waals surface area contributed by atoms with Gasteiger partial charge in [0.15, 0.2) is 0 Å². The van der Waals surface area contributed by atoms with E-state index < -0.39 is 5.54 Å². The quantitative estimate of drug-likeness (QED) is 0.737. The molecule has 0 atom stereocenters. The molecular formula is C19H19NO2. The maximum atomic E-state index is 10.5. The summed E-state index contributed by atoms with van der Waals surface area (Å²) >= 11 is 0. The SMILES string of the molecule is CC1=C(O)C(C)(C)Nc2ccc3c(c21)COc1ccccc1-3. The van der Waals surface area contributed by atoms with Crippen LogP contribution in [0.1, 0.15) is 31.9 Å². The molecule has 2 N–H and O–H groups in total. The van der Waals surface area contributed by atoms with E-state index in [9.17, 15) is 5.11 Å². The van der Waals surface area contributed by atoms with Gasteiger partial charge in [0.2, 0.25) is 0 Å². The molecule has 0 spiro atoms. The van der Waals surface area contributed by atoms with Crippen molar-refractivity contribution in [3.05, 3.63) is 53.3 Å². The second-order valence-corrected chi connectivity index (χ2v) is 6.52. The lowest BCUT2D eigenvalue weighted by molar-refractivity contribution is 0.301. The topological polar surface area (TPSA) is 41.5 Å². The Morgan fingerprint density at radius 2 is 1.86 bits per heavy atom. The summed E-state index contributed by atoms with van der Waals surface area (Å²) < 4.78 is 5.92. The van der Waals surface area contributed by atoms with Crippen LogP contribution in [0.3, 0.4) is 0 Å². The largest absolute Gasteiger partial charge is 0.510 e. The molecule has 0 amide bonds. The number of nitrogens with one attached hydrogen (secondary N) is 1. The van der Waals surface area contributed by atoms with Gasteiger partial charge in [0.1, 0.15) is 18.1 Å². The van der Waals surface area contributed by atoms with Crippen LogP contribution in [-0.4, -0.2) is 10.6 Å². The van der Waals surface area contributed by atoms with Gasteiger partial charge in [-0.25, -0.2) is 0 Å². The highest BCUT2D eigenvalue weighted by Gasteiger charge is 2.34. The Morgan fingerprint density at radius 3 is 2.68 bits per heavy atom. The van der Waals surface area contributed by atoms with Crippen molar-refractivity contribution >= 4 is 11.3 Å². The smallest absolute Gasteiger partial charge is 0.127 e. The molecule has 0 bridgehead atoms. The lowest BCUT2D eigenvalue weighted by Gasteiger charge is -2.36. The fourth-order valence-corrected chi connectivity index (χ4v) is 3.53. The van der Waals surface area contributed by atoms with Gasteiger partial charge < -0.3 is 15.2 Å². The van der Waals surface area contributed by atoms with Crippen molar-refractivity contribution in [2.45, 2.75) is 32.9 Å². The third kappa shape index (κ3) is 1.68. The van der Waals surface area contributed by atoms with Crippen LogP contribution in [0.4, 0.5) is 5.69 Å². The molecule has 2 aliphatic heterocycles. The van der Waals surface area contributed by atoms with E-state index in [2.05, 4.69) is 23.5 Å². The fraction of sp³-hybridized carbons (Fsp3) is 0.263. The molecule has 22 heavy (non-hydrogen) atoms. The van der Waals surface area contributed by atoms with E-state index >= 15 is 0 Å². The Kier molecular flexibility index (Phi) is 2.59. The van der Waals surface area contributed by atoms with Gasteiger partial charge in [-0.2, -0.15) is 0 Å². The number of para-hydroxylation sites is 1. The van der Waals surface area contributed by atoms with Crippen molar-refractivity contribution in [2.75, 3.05) is 5.32 Å². The third-order valence-electron chi connectivity index (χ3n) is 4.63. The van der Waals surface area contributed by atoms with E-state index in [1.807, 2.05) is 39.0 Å². The minimum absolute atomic E-state index is 0.396. The Labute approximate surface area is 130 Å². The summed E-state index contributed by atoms with van der Waals surface area (Å²) in [4.78, 5) is 0. The van der Waals surface area contributed by atoms with Gasteiger partial charge >= 0.3 is 0 Å². The van der Waals surface area contributed by atoms with Crippen LogP contribution in [0.5, 0.6) is 5.75 Å². The van der Waals surface area contributed by atoms with Crippen LogP contribution in [0.2, 0.25) is 0 Å². The Bertz CT molecular complexity index is 818. The number of fused-ring (bicyclic) bond motifs is 5. The molecule has 0 saturated carbocycles. The molecule has 0 unspecified atom stereocenters. The first-order valence-electron chi connectivity index (χ1n) is 7.56. The van der Waals surface area contributed by atoms with Gasteiger partial charge in [-0.05, 0) is 44.0 Å². The van der Waals surface area contributed by atoms with E-state index in [0.717, 1.165) is 33.7 Å². The van der Waals surface area contributed by atoms with Gasteiger partial charge in [-0.1, -0.05) is 24.3 Å². The van der Waals surface area contributed by atoms with Crippen LogP contribution in [0.25, 0.3) is 16.7 Å². The van der Waals surface area contributed by atoms with Gasteiger partial charge in [-0.3, -0.25) is 0 Å². The second kappa shape index (κ2) is 4.29. The zero-order chi connectivity index (χ0) is 15.5. The minimum atomic E-state index is -0.446. The Morgan fingerprint density at radius 1 is 1.09 bits per heavy atom. The molecular weight excluding hydrogens is 274 g/mol. The Balaban J connectivity index is 2.00. The summed E-state index contributed by atoms with van der Waals surface area (Å²) in [6.07, 6.45) is 0. The standard InChI is InChI=1S/C19H19NO2/c1-11-17-14-10-22-16-7-5-4-6-13(16)12(14)8-9-15(17)20-19(2,3)18(11)21/h4-9,20-21H,10H2,1-3H3. The zero-order valence-electron chi connectivity index (χ0n) is 13.0. The number of rotatable bonds is 0. The average molecular weight is 293 g/mol.